The van der Waals surface area contributed by atoms with E-state index in [9.17, 15) is 14.0 Å². The molecule has 5 nitrogen and oxygen atoms in total. The fourth-order valence-electron chi connectivity index (χ4n) is 2.30. The molecule has 0 aliphatic rings. The highest BCUT2D eigenvalue weighted by Gasteiger charge is 2.14. The third-order valence-corrected chi connectivity index (χ3v) is 3.83. The van der Waals surface area contributed by atoms with E-state index in [1.165, 1.54) is 37.1 Å². The standard InChI is InChI=1S/C18H18ClFN2O3/c1-12(23)22(15-6-7-17(25-2)16(19)11-15)9-8-21-18(24)13-4-3-5-14(20)10-13/h3-7,10-11H,8-9H2,1-2H3,(H,21,24). The fraction of sp³-hybridized carbons (Fsp3) is 0.222. The van der Waals surface area contributed by atoms with Crippen LogP contribution in [0, 0.1) is 5.82 Å². The smallest absolute Gasteiger partial charge is 0.251 e. The number of nitrogens with one attached hydrogen (secondary N) is 1. The Balaban J connectivity index is 2.01. The van der Waals surface area contributed by atoms with Gasteiger partial charge in [0.15, 0.2) is 0 Å². The second-order valence-electron chi connectivity index (χ2n) is 5.26. The van der Waals surface area contributed by atoms with E-state index in [1.807, 2.05) is 0 Å². The lowest BCUT2D eigenvalue weighted by Gasteiger charge is -2.22. The van der Waals surface area contributed by atoms with Gasteiger partial charge in [-0.15, -0.1) is 0 Å². The number of carbonyl (C=O) groups excluding carboxylic acids is 2. The minimum Gasteiger partial charge on any atom is -0.495 e. The van der Waals surface area contributed by atoms with Crippen LogP contribution in [0.15, 0.2) is 42.5 Å². The van der Waals surface area contributed by atoms with Crippen LogP contribution in [0.4, 0.5) is 10.1 Å². The lowest BCUT2D eigenvalue weighted by molar-refractivity contribution is -0.116. The highest BCUT2D eigenvalue weighted by atomic mass is 35.5. The molecular formula is C18H18ClFN2O3. The van der Waals surface area contributed by atoms with Gasteiger partial charge in [-0.05, 0) is 36.4 Å². The van der Waals surface area contributed by atoms with Gasteiger partial charge in [0.05, 0.1) is 12.1 Å². The van der Waals surface area contributed by atoms with Gasteiger partial charge in [0.1, 0.15) is 11.6 Å². The molecule has 0 spiro atoms. The number of carbonyl (C=O) groups is 2. The van der Waals surface area contributed by atoms with E-state index in [0.717, 1.165) is 6.07 Å². The molecule has 2 aromatic carbocycles. The summed E-state index contributed by atoms with van der Waals surface area (Å²) in [6.45, 7) is 1.88. The Labute approximate surface area is 150 Å². The minimum atomic E-state index is -0.481. The summed E-state index contributed by atoms with van der Waals surface area (Å²) in [6, 6.07) is 10.4. The summed E-state index contributed by atoms with van der Waals surface area (Å²) in [4.78, 5) is 25.4. The van der Waals surface area contributed by atoms with E-state index in [2.05, 4.69) is 5.32 Å². The molecule has 25 heavy (non-hydrogen) atoms. The van der Waals surface area contributed by atoms with E-state index in [4.69, 9.17) is 16.3 Å². The number of rotatable bonds is 6. The monoisotopic (exact) mass is 364 g/mol. The van der Waals surface area contributed by atoms with Crippen LogP contribution >= 0.6 is 11.6 Å². The molecule has 0 unspecified atom stereocenters. The molecular weight excluding hydrogens is 347 g/mol. The zero-order valence-corrected chi connectivity index (χ0v) is 14.6. The molecule has 0 atom stereocenters. The van der Waals surface area contributed by atoms with Gasteiger partial charge in [0.25, 0.3) is 5.91 Å². The SMILES string of the molecule is COc1ccc(N(CCNC(=O)c2cccc(F)c2)C(C)=O)cc1Cl. The van der Waals surface area contributed by atoms with Gasteiger partial charge in [-0.25, -0.2) is 4.39 Å². The van der Waals surface area contributed by atoms with Crippen LogP contribution in [-0.2, 0) is 4.79 Å². The molecule has 0 aliphatic carbocycles. The van der Waals surface area contributed by atoms with Crippen molar-refractivity contribution in [3.8, 4) is 5.75 Å². The first-order chi connectivity index (χ1) is 11.9. The molecule has 2 rings (SSSR count). The maximum atomic E-state index is 13.1. The number of amides is 2. The molecule has 0 saturated heterocycles. The van der Waals surface area contributed by atoms with Crippen LogP contribution in [0.25, 0.3) is 0 Å². The Morgan fingerprint density at radius 2 is 2.00 bits per heavy atom. The van der Waals surface area contributed by atoms with E-state index >= 15 is 0 Å². The van der Waals surface area contributed by atoms with Crippen molar-refractivity contribution in [3.63, 3.8) is 0 Å². The average Bonchev–Trinajstić information content (AvgIpc) is 2.58. The molecule has 0 fully saturated rings. The number of ether oxygens (including phenoxy) is 1. The van der Waals surface area contributed by atoms with Gasteiger partial charge in [-0.2, -0.15) is 0 Å². The zero-order valence-electron chi connectivity index (χ0n) is 13.9. The second-order valence-corrected chi connectivity index (χ2v) is 5.66. The average molecular weight is 365 g/mol. The minimum absolute atomic E-state index is 0.193. The van der Waals surface area contributed by atoms with Crippen molar-refractivity contribution in [2.75, 3.05) is 25.1 Å². The quantitative estimate of drug-likeness (QED) is 0.855. The summed E-state index contributed by atoms with van der Waals surface area (Å²) in [5, 5.41) is 3.05. The Hall–Kier alpha value is -2.60. The molecule has 132 valence electrons. The molecule has 7 heteroatoms. The summed E-state index contributed by atoms with van der Waals surface area (Å²) < 4.78 is 18.2. The lowest BCUT2D eigenvalue weighted by atomic mass is 10.2. The van der Waals surface area contributed by atoms with Crippen LogP contribution in [0.5, 0.6) is 5.75 Å². The molecule has 0 saturated carbocycles. The number of methoxy groups -OCH3 is 1. The molecule has 2 aromatic rings. The summed E-state index contributed by atoms with van der Waals surface area (Å²) in [7, 11) is 1.51. The highest BCUT2D eigenvalue weighted by molar-refractivity contribution is 6.32. The molecule has 0 radical (unpaired) electrons. The van der Waals surface area contributed by atoms with Gasteiger partial charge in [0, 0.05) is 31.3 Å². The Bertz CT molecular complexity index is 783. The number of hydrogen-bond acceptors (Lipinski definition) is 3. The Morgan fingerprint density at radius 1 is 1.24 bits per heavy atom. The first-order valence-electron chi connectivity index (χ1n) is 7.57. The molecule has 2 amide bonds. The first kappa shape index (κ1) is 18.7. The molecule has 0 bridgehead atoms. The highest BCUT2D eigenvalue weighted by Crippen LogP contribution is 2.29. The predicted octanol–water partition coefficient (Wildman–Crippen LogP) is 3.27. The Kier molecular flexibility index (Phi) is 6.36. The van der Waals surface area contributed by atoms with E-state index < -0.39 is 11.7 Å². The third-order valence-electron chi connectivity index (χ3n) is 3.53. The van der Waals surface area contributed by atoms with Crippen LogP contribution < -0.4 is 15.0 Å². The molecule has 0 aliphatic heterocycles. The summed E-state index contributed by atoms with van der Waals surface area (Å²) in [5.74, 6) is -0.573. The second kappa shape index (κ2) is 8.48. The van der Waals surface area contributed by atoms with Crippen molar-refractivity contribution < 1.29 is 18.7 Å². The molecule has 0 aromatic heterocycles. The van der Waals surface area contributed by atoms with Gasteiger partial charge in [-0.1, -0.05) is 17.7 Å². The molecule has 1 N–H and O–H groups in total. The van der Waals surface area contributed by atoms with Crippen LogP contribution in [0.2, 0.25) is 5.02 Å². The van der Waals surface area contributed by atoms with Crippen molar-refractivity contribution in [3.05, 3.63) is 58.9 Å². The predicted molar refractivity (Wildman–Crippen MR) is 94.8 cm³/mol. The topological polar surface area (TPSA) is 58.6 Å². The largest absolute Gasteiger partial charge is 0.495 e. The lowest BCUT2D eigenvalue weighted by Crippen LogP contribution is -2.37. The number of anilines is 1. The summed E-state index contributed by atoms with van der Waals surface area (Å²) in [5.41, 5.74) is 0.820. The van der Waals surface area contributed by atoms with Crippen molar-refractivity contribution in [1.82, 2.24) is 5.32 Å². The van der Waals surface area contributed by atoms with Crippen LogP contribution in [-0.4, -0.2) is 32.0 Å². The van der Waals surface area contributed by atoms with E-state index in [0.29, 0.717) is 16.5 Å². The van der Waals surface area contributed by atoms with Gasteiger partial charge < -0.3 is 15.0 Å². The van der Waals surface area contributed by atoms with Crippen LogP contribution in [0.3, 0.4) is 0 Å². The zero-order chi connectivity index (χ0) is 18.4. The van der Waals surface area contributed by atoms with E-state index in [1.54, 1.807) is 18.2 Å². The number of benzene rings is 2. The van der Waals surface area contributed by atoms with Crippen molar-refractivity contribution in [1.29, 1.82) is 0 Å². The molecule has 0 heterocycles. The summed E-state index contributed by atoms with van der Waals surface area (Å²) in [6.07, 6.45) is 0. The van der Waals surface area contributed by atoms with Crippen molar-refractivity contribution in [2.45, 2.75) is 6.92 Å². The summed E-state index contributed by atoms with van der Waals surface area (Å²) >= 11 is 6.09. The fourth-order valence-corrected chi connectivity index (χ4v) is 2.56. The van der Waals surface area contributed by atoms with Gasteiger partial charge >= 0.3 is 0 Å². The maximum absolute atomic E-state index is 13.1. The van der Waals surface area contributed by atoms with Crippen molar-refractivity contribution in [2.24, 2.45) is 0 Å². The van der Waals surface area contributed by atoms with E-state index in [-0.39, 0.29) is 24.6 Å². The Morgan fingerprint density at radius 3 is 2.60 bits per heavy atom. The van der Waals surface area contributed by atoms with Gasteiger partial charge in [-0.3, -0.25) is 9.59 Å². The van der Waals surface area contributed by atoms with Gasteiger partial charge in [0.2, 0.25) is 5.91 Å². The first-order valence-corrected chi connectivity index (χ1v) is 7.95. The maximum Gasteiger partial charge on any atom is 0.251 e. The van der Waals surface area contributed by atoms with Crippen LogP contribution in [0.1, 0.15) is 17.3 Å². The number of nitrogens with zero attached hydrogens (tertiary/aromatic N) is 1. The number of halogens is 2. The number of hydrogen-bond donors (Lipinski definition) is 1. The third kappa shape index (κ3) is 4.93. The normalized spacial score (nSPS) is 10.2. The van der Waals surface area contributed by atoms with Crippen molar-refractivity contribution >= 4 is 29.1 Å².